The molecule has 2 aromatic carbocycles. The maximum Gasteiger partial charge on any atom is 0.249 e. The van der Waals surface area contributed by atoms with Gasteiger partial charge in [0.25, 0.3) is 0 Å². The molecular formula is C34H38FN7O3S. The van der Waals surface area contributed by atoms with Crippen molar-refractivity contribution in [2.75, 3.05) is 20.3 Å². The van der Waals surface area contributed by atoms with Gasteiger partial charge < -0.3 is 30.4 Å². The van der Waals surface area contributed by atoms with Gasteiger partial charge in [0.1, 0.15) is 24.0 Å². The first-order valence-electron chi connectivity index (χ1n) is 15.2. The zero-order valence-electron chi connectivity index (χ0n) is 26.1. The number of rotatable bonds is 10. The molecule has 0 aliphatic carbocycles. The van der Waals surface area contributed by atoms with Crippen molar-refractivity contribution < 1.29 is 18.7 Å². The number of hydrogen-bond donors (Lipinski definition) is 4. The lowest BCUT2D eigenvalue weighted by atomic mass is 10.0. The number of H-pyrrole nitrogens is 1. The smallest absolute Gasteiger partial charge is 0.249 e. The Morgan fingerprint density at radius 2 is 2.15 bits per heavy atom. The Morgan fingerprint density at radius 1 is 1.33 bits per heavy atom. The summed E-state index contributed by atoms with van der Waals surface area (Å²) in [7, 11) is 1.50. The van der Waals surface area contributed by atoms with Crippen LogP contribution in [0, 0.1) is 5.82 Å². The molecule has 2 atom stereocenters. The number of ether oxygens (including phenoxy) is 2. The van der Waals surface area contributed by atoms with E-state index < -0.39 is 12.0 Å². The van der Waals surface area contributed by atoms with Crippen molar-refractivity contribution in [1.82, 2.24) is 24.8 Å². The standard InChI is InChI=1S/C34H38FN7O3S/c1-5-24(39-19(3)26-8-7-11-41(26)32(43)18-44-4)21-13-23(35)33-28-14-22-12-20(25-17-38-31(6-2)40-25)9-10-27(22)42(28)34(30(16-36)46-37)45-29(33)15-21/h5,9-10,12-17,26,34,39H,3,6-8,11,18,36-37H2,1-2,4H3,(H,38,40)/b24-5-,30-16-. The van der Waals surface area contributed by atoms with Crippen LogP contribution in [0.3, 0.4) is 0 Å². The summed E-state index contributed by atoms with van der Waals surface area (Å²) in [5.41, 5.74) is 11.6. The van der Waals surface area contributed by atoms with Gasteiger partial charge in [-0.2, -0.15) is 0 Å². The highest BCUT2D eigenvalue weighted by Crippen LogP contribution is 2.47. The minimum atomic E-state index is -0.713. The van der Waals surface area contributed by atoms with Gasteiger partial charge >= 0.3 is 0 Å². The zero-order valence-corrected chi connectivity index (χ0v) is 26.9. The molecule has 0 bridgehead atoms. The lowest BCUT2D eigenvalue weighted by Crippen LogP contribution is -2.41. The fraction of sp³-hybridized carbons (Fsp3) is 0.294. The van der Waals surface area contributed by atoms with E-state index in [0.717, 1.165) is 59.2 Å². The second-order valence-electron chi connectivity index (χ2n) is 11.3. The molecule has 6 rings (SSSR count). The Kier molecular flexibility index (Phi) is 8.94. The second kappa shape index (κ2) is 13.1. The van der Waals surface area contributed by atoms with E-state index in [-0.39, 0.29) is 18.6 Å². The van der Waals surface area contributed by atoms with E-state index in [1.54, 1.807) is 4.90 Å². The fourth-order valence-electron chi connectivity index (χ4n) is 6.36. The number of nitrogens with one attached hydrogen (secondary N) is 2. The summed E-state index contributed by atoms with van der Waals surface area (Å²) >= 11 is 0.986. The van der Waals surface area contributed by atoms with Crippen molar-refractivity contribution in [3.05, 3.63) is 89.3 Å². The van der Waals surface area contributed by atoms with Gasteiger partial charge in [-0.05, 0) is 62.0 Å². The topological polar surface area (TPSA) is 136 Å². The van der Waals surface area contributed by atoms with E-state index in [1.807, 2.05) is 55.0 Å². The first-order chi connectivity index (χ1) is 22.3. The quantitative estimate of drug-likeness (QED) is 0.159. The van der Waals surface area contributed by atoms with E-state index >= 15 is 4.39 Å². The number of fused-ring (bicyclic) bond motifs is 5. The van der Waals surface area contributed by atoms with E-state index in [1.165, 1.54) is 19.4 Å². The highest BCUT2D eigenvalue weighted by Gasteiger charge is 2.34. The van der Waals surface area contributed by atoms with Gasteiger partial charge in [0, 0.05) is 54.2 Å². The van der Waals surface area contributed by atoms with E-state index in [0.29, 0.717) is 45.4 Å². The molecule has 1 fully saturated rings. The predicted molar refractivity (Wildman–Crippen MR) is 181 cm³/mol. The lowest BCUT2D eigenvalue weighted by Gasteiger charge is -2.31. The third kappa shape index (κ3) is 5.57. The van der Waals surface area contributed by atoms with Crippen LogP contribution in [-0.2, 0) is 16.0 Å². The van der Waals surface area contributed by atoms with Gasteiger partial charge in [-0.25, -0.2) is 9.37 Å². The van der Waals surface area contributed by atoms with Gasteiger partial charge in [0.05, 0.1) is 39.6 Å². The molecule has 4 heterocycles. The molecule has 2 aromatic heterocycles. The fourth-order valence-corrected chi connectivity index (χ4v) is 6.70. The number of benzene rings is 2. The number of carbonyl (C=O) groups excluding carboxylic acids is 1. The number of nitrogens with zero attached hydrogens (tertiary/aromatic N) is 3. The number of aromatic nitrogens is 3. The van der Waals surface area contributed by atoms with Crippen LogP contribution in [0.1, 0.15) is 44.3 Å². The summed E-state index contributed by atoms with van der Waals surface area (Å²) < 4.78 is 29.8. The molecule has 12 heteroatoms. The van der Waals surface area contributed by atoms with Gasteiger partial charge in [-0.1, -0.05) is 25.6 Å². The molecular weight excluding hydrogens is 605 g/mol. The van der Waals surface area contributed by atoms with Crippen LogP contribution < -0.4 is 20.9 Å². The highest BCUT2D eigenvalue weighted by molar-refractivity contribution is 8.00. The monoisotopic (exact) mass is 643 g/mol. The third-order valence-electron chi connectivity index (χ3n) is 8.58. The maximum absolute atomic E-state index is 16.3. The van der Waals surface area contributed by atoms with Crippen LogP contribution in [0.2, 0.25) is 0 Å². The number of halogens is 1. The van der Waals surface area contributed by atoms with Crippen molar-refractivity contribution in [3.8, 4) is 28.3 Å². The number of nitrogens with two attached hydrogens (primary N) is 2. The first kappa shape index (κ1) is 31.5. The number of aryl methyl sites for hydroxylation is 1. The van der Waals surface area contributed by atoms with Crippen LogP contribution in [0.25, 0.3) is 39.1 Å². The maximum atomic E-state index is 16.3. The first-order valence-corrected chi connectivity index (χ1v) is 16.1. The summed E-state index contributed by atoms with van der Waals surface area (Å²) in [6.45, 7) is 8.79. The minimum Gasteiger partial charge on any atom is -0.464 e. The molecule has 1 saturated heterocycles. The van der Waals surface area contributed by atoms with Gasteiger partial charge in [-0.3, -0.25) is 14.5 Å². The molecule has 6 N–H and O–H groups in total. The summed E-state index contributed by atoms with van der Waals surface area (Å²) in [6, 6.07) is 11.1. The van der Waals surface area contributed by atoms with Crippen LogP contribution in [0.4, 0.5) is 4.39 Å². The largest absolute Gasteiger partial charge is 0.464 e. The molecule has 2 aliphatic rings. The summed E-state index contributed by atoms with van der Waals surface area (Å²) in [6.07, 6.45) is 6.82. The Morgan fingerprint density at radius 3 is 2.85 bits per heavy atom. The van der Waals surface area contributed by atoms with Crippen molar-refractivity contribution >= 4 is 34.5 Å². The Bertz CT molecular complexity index is 1880. The van der Waals surface area contributed by atoms with Crippen LogP contribution in [0.15, 0.2) is 72.1 Å². The van der Waals surface area contributed by atoms with Gasteiger partial charge in [0.2, 0.25) is 12.1 Å². The lowest BCUT2D eigenvalue weighted by molar-refractivity contribution is -0.135. The molecule has 46 heavy (non-hydrogen) atoms. The van der Waals surface area contributed by atoms with Gasteiger partial charge in [-0.15, -0.1) is 0 Å². The highest BCUT2D eigenvalue weighted by atomic mass is 32.2. The predicted octanol–water partition coefficient (Wildman–Crippen LogP) is 5.80. The molecule has 0 radical (unpaired) electrons. The van der Waals surface area contributed by atoms with Crippen molar-refractivity contribution in [2.24, 2.45) is 10.9 Å². The number of allylic oxidation sites excluding steroid dienone is 1. The summed E-state index contributed by atoms with van der Waals surface area (Å²) in [5.74, 6) is 0.728. The van der Waals surface area contributed by atoms with Crippen LogP contribution in [0.5, 0.6) is 5.75 Å². The summed E-state index contributed by atoms with van der Waals surface area (Å²) in [4.78, 5) is 22.8. The van der Waals surface area contributed by atoms with Crippen molar-refractivity contribution in [2.45, 2.75) is 45.4 Å². The normalized spacial score (nSPS) is 18.0. The molecule has 240 valence electrons. The minimum absolute atomic E-state index is 0.0100. The van der Waals surface area contributed by atoms with Crippen molar-refractivity contribution in [1.29, 1.82) is 0 Å². The van der Waals surface area contributed by atoms with E-state index in [2.05, 4.69) is 27.9 Å². The molecule has 1 amide bonds. The number of likely N-dealkylation sites (tertiary alicyclic amines) is 1. The SMILES string of the molecule is C=C(N/C(=C\C)c1cc(F)c2c(c1)OC(/C(=C/N)SN)n1c-2cc2cc(-c3cnc(CC)[nH]3)ccc21)C1CCCN1C(=O)COC. The van der Waals surface area contributed by atoms with Crippen LogP contribution in [-0.4, -0.2) is 51.6 Å². The Balaban J connectivity index is 1.39. The molecule has 10 nitrogen and oxygen atoms in total. The average Bonchev–Trinajstić information content (AvgIpc) is 3.82. The molecule has 0 spiro atoms. The zero-order chi connectivity index (χ0) is 32.5. The molecule has 2 aliphatic heterocycles. The Labute approximate surface area is 271 Å². The average molecular weight is 644 g/mol. The van der Waals surface area contributed by atoms with Crippen LogP contribution >= 0.6 is 11.9 Å². The number of methoxy groups -OCH3 is 1. The number of carbonyl (C=O) groups is 1. The van der Waals surface area contributed by atoms with E-state index in [4.69, 9.17) is 20.3 Å². The molecule has 4 aromatic rings. The second-order valence-corrected chi connectivity index (χ2v) is 12.0. The number of aromatic amines is 1. The molecule has 0 saturated carbocycles. The summed E-state index contributed by atoms with van der Waals surface area (Å²) in [5, 5.41) is 10.3. The third-order valence-corrected chi connectivity index (χ3v) is 9.19. The van der Waals surface area contributed by atoms with E-state index in [9.17, 15) is 4.79 Å². The number of amides is 1. The molecule has 2 unspecified atom stereocenters. The number of hydrogen-bond acceptors (Lipinski definition) is 8. The van der Waals surface area contributed by atoms with Crippen molar-refractivity contribution in [3.63, 3.8) is 0 Å². The number of imidazole rings is 1. The van der Waals surface area contributed by atoms with Gasteiger partial charge in [0.15, 0.2) is 0 Å². The Hall–Kier alpha value is -4.52.